The minimum Gasteiger partial charge on any atom is -0.481 e. The van der Waals surface area contributed by atoms with E-state index in [9.17, 15) is 9.59 Å². The van der Waals surface area contributed by atoms with Gasteiger partial charge in [0, 0.05) is 30.4 Å². The first-order valence-electron chi connectivity index (χ1n) is 8.82. The highest BCUT2D eigenvalue weighted by atomic mass is 16.4. The molecule has 3 rings (SSSR count). The predicted octanol–water partition coefficient (Wildman–Crippen LogP) is 2.59. The summed E-state index contributed by atoms with van der Waals surface area (Å²) >= 11 is 0. The van der Waals surface area contributed by atoms with Crippen LogP contribution in [0.4, 0.5) is 0 Å². The monoisotopic (exact) mass is 378 g/mol. The van der Waals surface area contributed by atoms with Gasteiger partial charge in [-0.1, -0.05) is 48.5 Å². The van der Waals surface area contributed by atoms with Crippen molar-refractivity contribution in [2.45, 2.75) is 19.9 Å². The summed E-state index contributed by atoms with van der Waals surface area (Å²) in [6.07, 6.45) is -0.0978. The van der Waals surface area contributed by atoms with Crippen molar-refractivity contribution >= 4 is 11.8 Å². The van der Waals surface area contributed by atoms with Crippen LogP contribution in [-0.2, 0) is 18.4 Å². The zero-order valence-corrected chi connectivity index (χ0v) is 15.8. The molecule has 0 saturated carbocycles. The third-order valence-electron chi connectivity index (χ3n) is 4.84. The second kappa shape index (κ2) is 7.56. The number of nitrogens with one attached hydrogen (secondary N) is 1. The molecule has 0 unspecified atom stereocenters. The van der Waals surface area contributed by atoms with Gasteiger partial charge in [0.2, 0.25) is 0 Å². The van der Waals surface area contributed by atoms with E-state index < -0.39 is 5.97 Å². The van der Waals surface area contributed by atoms with Crippen molar-refractivity contribution in [3.05, 3.63) is 70.3 Å². The lowest BCUT2D eigenvalue weighted by molar-refractivity contribution is -0.137. The van der Waals surface area contributed by atoms with Crippen molar-refractivity contribution in [3.63, 3.8) is 0 Å². The average molecular weight is 378 g/mol. The smallest absolute Gasteiger partial charge is 0.328 e. The Bertz CT molecular complexity index is 1090. The number of benzene rings is 2. The van der Waals surface area contributed by atoms with Gasteiger partial charge >= 0.3 is 11.7 Å². The molecule has 1 aromatic heterocycles. The van der Waals surface area contributed by atoms with Crippen molar-refractivity contribution in [1.29, 1.82) is 5.41 Å². The normalized spacial score (nSPS) is 10.8. The van der Waals surface area contributed by atoms with E-state index in [-0.39, 0.29) is 24.5 Å². The van der Waals surface area contributed by atoms with Crippen LogP contribution < -0.4 is 11.4 Å². The van der Waals surface area contributed by atoms with Crippen LogP contribution in [0.1, 0.15) is 17.7 Å². The number of nitrogens with zero attached hydrogens (tertiary/aromatic N) is 2. The molecule has 0 spiro atoms. The fraction of sp³-hybridized carbons (Fsp3) is 0.190. The summed E-state index contributed by atoms with van der Waals surface area (Å²) < 4.78 is 3.05. The van der Waals surface area contributed by atoms with Crippen molar-refractivity contribution < 1.29 is 9.90 Å². The zero-order chi connectivity index (χ0) is 20.4. The number of carboxylic acid groups (broad SMARTS) is 1. The fourth-order valence-electron chi connectivity index (χ4n) is 3.33. The average Bonchev–Trinajstić information content (AvgIpc) is 2.89. The van der Waals surface area contributed by atoms with Crippen LogP contribution in [0.5, 0.6) is 0 Å². The number of nitrogens with two attached hydrogens (primary N) is 1. The Morgan fingerprint density at radius 2 is 1.54 bits per heavy atom. The Hall–Kier alpha value is -3.61. The molecule has 0 fully saturated rings. The highest BCUT2D eigenvalue weighted by molar-refractivity contribution is 5.95. The number of carbonyl (C=O) groups is 1. The Labute approximate surface area is 162 Å². The Kier molecular flexibility index (Phi) is 5.17. The molecule has 0 aliphatic rings. The summed E-state index contributed by atoms with van der Waals surface area (Å²) in [7, 11) is 1.69. The minimum absolute atomic E-state index is 0.0331. The van der Waals surface area contributed by atoms with Gasteiger partial charge in [0.05, 0.1) is 12.1 Å². The molecule has 0 bridgehead atoms. The molecule has 1 heterocycles. The lowest BCUT2D eigenvalue weighted by atomic mass is 10.0. The Morgan fingerprint density at radius 3 is 2.04 bits per heavy atom. The molecule has 0 radical (unpaired) electrons. The molecule has 0 aliphatic carbocycles. The molecule has 3 aromatic rings. The van der Waals surface area contributed by atoms with Crippen LogP contribution in [-0.4, -0.2) is 26.0 Å². The summed E-state index contributed by atoms with van der Waals surface area (Å²) in [5, 5.41) is 16.4. The molecule has 144 valence electrons. The van der Waals surface area contributed by atoms with Gasteiger partial charge in [-0.15, -0.1) is 0 Å². The Balaban J connectivity index is 1.93. The predicted molar refractivity (Wildman–Crippen MR) is 109 cm³/mol. The highest BCUT2D eigenvalue weighted by Crippen LogP contribution is 2.26. The Morgan fingerprint density at radius 1 is 1.04 bits per heavy atom. The molecule has 7 nitrogen and oxygen atoms in total. The first kappa shape index (κ1) is 19.2. The van der Waals surface area contributed by atoms with E-state index in [1.54, 1.807) is 11.6 Å². The van der Waals surface area contributed by atoms with E-state index in [0.29, 0.717) is 5.56 Å². The molecule has 0 amide bonds. The van der Waals surface area contributed by atoms with E-state index >= 15 is 0 Å². The van der Waals surface area contributed by atoms with E-state index in [4.69, 9.17) is 16.2 Å². The van der Waals surface area contributed by atoms with Gasteiger partial charge in [0.1, 0.15) is 5.84 Å². The van der Waals surface area contributed by atoms with Crippen LogP contribution >= 0.6 is 0 Å². The van der Waals surface area contributed by atoms with Gasteiger partial charge in [-0.25, -0.2) is 4.79 Å². The van der Waals surface area contributed by atoms with Crippen molar-refractivity contribution in [2.75, 3.05) is 0 Å². The van der Waals surface area contributed by atoms with Crippen LogP contribution in [0.2, 0.25) is 0 Å². The number of hydrogen-bond donors (Lipinski definition) is 3. The largest absolute Gasteiger partial charge is 0.481 e. The van der Waals surface area contributed by atoms with Crippen LogP contribution in [0.15, 0.2) is 53.3 Å². The standard InChI is InChI=1S/C21H22N4O3/c1-13-19(24(2)21(28)25(13)12-11-18(26)27)16-7-3-14(4-8-16)15-5-9-17(10-6-15)20(22)23/h3-10H,11-12H2,1-2H3,(H3,22,23)(H,26,27). The van der Waals surface area contributed by atoms with Crippen molar-refractivity contribution in [3.8, 4) is 22.4 Å². The minimum atomic E-state index is -0.933. The maximum absolute atomic E-state index is 12.5. The van der Waals surface area contributed by atoms with Crippen LogP contribution in [0.25, 0.3) is 22.4 Å². The maximum atomic E-state index is 12.5. The summed E-state index contributed by atoms with van der Waals surface area (Å²) in [5.74, 6) is -0.900. The highest BCUT2D eigenvalue weighted by Gasteiger charge is 2.16. The number of hydrogen-bond acceptors (Lipinski definition) is 3. The molecule has 7 heteroatoms. The number of rotatable bonds is 6. The third kappa shape index (κ3) is 3.59. The van der Waals surface area contributed by atoms with Gasteiger partial charge in [-0.2, -0.15) is 0 Å². The second-order valence-corrected chi connectivity index (χ2v) is 6.64. The van der Waals surface area contributed by atoms with Crippen molar-refractivity contribution in [2.24, 2.45) is 12.8 Å². The fourth-order valence-corrected chi connectivity index (χ4v) is 3.33. The quantitative estimate of drug-likeness (QED) is 0.452. The lowest BCUT2D eigenvalue weighted by Crippen LogP contribution is -2.24. The SMILES string of the molecule is Cc1c(-c2ccc(-c3ccc(C(=N)N)cc3)cc2)n(C)c(=O)n1CCC(=O)O. The maximum Gasteiger partial charge on any atom is 0.328 e. The number of imidazole rings is 1. The number of nitrogen functional groups attached to an aromatic ring is 1. The lowest BCUT2D eigenvalue weighted by Gasteiger charge is -2.08. The summed E-state index contributed by atoms with van der Waals surface area (Å²) in [6.45, 7) is 1.97. The molecule has 28 heavy (non-hydrogen) atoms. The second-order valence-electron chi connectivity index (χ2n) is 6.64. The van der Waals surface area contributed by atoms with Gasteiger partial charge < -0.3 is 10.8 Å². The molecule has 0 aliphatic heterocycles. The molecule has 2 aromatic carbocycles. The molecular formula is C21H22N4O3. The first-order chi connectivity index (χ1) is 13.3. The summed E-state index contributed by atoms with van der Waals surface area (Å²) in [5.41, 5.74) is 10.3. The zero-order valence-electron chi connectivity index (χ0n) is 15.8. The third-order valence-corrected chi connectivity index (χ3v) is 4.84. The van der Waals surface area contributed by atoms with Crippen molar-refractivity contribution in [1.82, 2.24) is 9.13 Å². The van der Waals surface area contributed by atoms with E-state index in [1.165, 1.54) is 4.57 Å². The number of amidine groups is 1. The molecule has 0 atom stereocenters. The number of aromatic nitrogens is 2. The van der Waals surface area contributed by atoms with Gasteiger partial charge in [-0.3, -0.25) is 19.3 Å². The topological polar surface area (TPSA) is 114 Å². The van der Waals surface area contributed by atoms with Crippen LogP contribution in [0.3, 0.4) is 0 Å². The van der Waals surface area contributed by atoms with Gasteiger partial charge in [0.15, 0.2) is 0 Å². The van der Waals surface area contributed by atoms with E-state index in [2.05, 4.69) is 0 Å². The van der Waals surface area contributed by atoms with Crippen LogP contribution in [0, 0.1) is 12.3 Å². The molecular weight excluding hydrogens is 356 g/mol. The molecule has 0 saturated heterocycles. The first-order valence-corrected chi connectivity index (χ1v) is 8.82. The van der Waals surface area contributed by atoms with Gasteiger partial charge in [-0.05, 0) is 18.1 Å². The summed E-state index contributed by atoms with van der Waals surface area (Å²) in [4.78, 5) is 23.3. The number of aliphatic carboxylic acids is 1. The number of carboxylic acids is 1. The summed E-state index contributed by atoms with van der Waals surface area (Å²) in [6, 6.07) is 15.3. The van der Waals surface area contributed by atoms with Gasteiger partial charge in [0.25, 0.3) is 0 Å². The van der Waals surface area contributed by atoms with E-state index in [0.717, 1.165) is 28.1 Å². The molecule has 4 N–H and O–H groups in total. The van der Waals surface area contributed by atoms with E-state index in [1.807, 2.05) is 55.5 Å².